The number of carbonyl (C=O) groups is 1. The molecular formula is C23H22FN3O5S. The van der Waals surface area contributed by atoms with Crippen molar-refractivity contribution in [1.82, 2.24) is 9.97 Å². The number of nitrogens with one attached hydrogen (secondary N) is 2. The summed E-state index contributed by atoms with van der Waals surface area (Å²) < 4.78 is 29.4. The van der Waals surface area contributed by atoms with Gasteiger partial charge in [0.05, 0.1) is 26.9 Å². The van der Waals surface area contributed by atoms with Crippen LogP contribution in [0.3, 0.4) is 0 Å². The minimum Gasteiger partial charge on any atom is -0.496 e. The zero-order valence-electron chi connectivity index (χ0n) is 18.2. The molecule has 1 aliphatic heterocycles. The average Bonchev–Trinajstić information content (AvgIpc) is 2.82. The largest absolute Gasteiger partial charge is 0.496 e. The molecule has 10 heteroatoms. The van der Waals surface area contributed by atoms with E-state index in [0.717, 1.165) is 5.56 Å². The number of hydrogen-bond acceptors (Lipinski definition) is 7. The molecule has 2 aromatic carbocycles. The van der Waals surface area contributed by atoms with Crippen LogP contribution in [0.4, 0.5) is 10.2 Å². The van der Waals surface area contributed by atoms with Crippen molar-refractivity contribution in [3.63, 3.8) is 0 Å². The predicted octanol–water partition coefficient (Wildman–Crippen LogP) is 3.70. The number of rotatable bonds is 7. The Morgan fingerprint density at radius 1 is 1.03 bits per heavy atom. The number of thioether (sulfide) groups is 1. The first-order chi connectivity index (χ1) is 15.9. The molecule has 0 aliphatic carbocycles. The fraction of sp³-hybridized carbons (Fsp3) is 0.261. The van der Waals surface area contributed by atoms with Crippen LogP contribution in [0.5, 0.6) is 17.2 Å². The van der Waals surface area contributed by atoms with E-state index < -0.39 is 5.92 Å². The van der Waals surface area contributed by atoms with Crippen molar-refractivity contribution in [3.8, 4) is 17.2 Å². The molecular weight excluding hydrogens is 449 g/mol. The Morgan fingerprint density at radius 3 is 2.36 bits per heavy atom. The molecule has 0 spiro atoms. The Labute approximate surface area is 193 Å². The van der Waals surface area contributed by atoms with Gasteiger partial charge in [-0.15, -0.1) is 0 Å². The summed E-state index contributed by atoms with van der Waals surface area (Å²) in [6.45, 7) is 0. The molecule has 0 saturated heterocycles. The Morgan fingerprint density at radius 2 is 1.70 bits per heavy atom. The number of amides is 1. The highest BCUT2D eigenvalue weighted by molar-refractivity contribution is 7.98. The topological polar surface area (TPSA) is 103 Å². The molecule has 2 N–H and O–H groups in total. The second-order valence-electron chi connectivity index (χ2n) is 7.30. The molecule has 0 unspecified atom stereocenters. The van der Waals surface area contributed by atoms with E-state index in [0.29, 0.717) is 39.3 Å². The van der Waals surface area contributed by atoms with E-state index in [1.54, 1.807) is 24.3 Å². The molecule has 8 nitrogen and oxygen atoms in total. The van der Waals surface area contributed by atoms with E-state index in [2.05, 4.69) is 15.3 Å². The van der Waals surface area contributed by atoms with E-state index in [9.17, 15) is 14.0 Å². The summed E-state index contributed by atoms with van der Waals surface area (Å²) >= 11 is 1.28. The van der Waals surface area contributed by atoms with Crippen molar-refractivity contribution in [1.29, 1.82) is 0 Å². The highest BCUT2D eigenvalue weighted by Crippen LogP contribution is 2.43. The summed E-state index contributed by atoms with van der Waals surface area (Å²) in [5, 5.41) is 3.06. The zero-order valence-corrected chi connectivity index (χ0v) is 19.0. The lowest BCUT2D eigenvalue weighted by Crippen LogP contribution is -2.31. The van der Waals surface area contributed by atoms with Crippen LogP contribution in [0.15, 0.2) is 46.3 Å². The summed E-state index contributed by atoms with van der Waals surface area (Å²) in [5.41, 5.74) is 1.47. The number of nitrogens with zero attached hydrogens (tertiary/aromatic N) is 1. The van der Waals surface area contributed by atoms with E-state index in [1.165, 1.54) is 45.2 Å². The van der Waals surface area contributed by atoms with Crippen LogP contribution < -0.4 is 25.1 Å². The Kier molecular flexibility index (Phi) is 6.55. The smallest absolute Gasteiger partial charge is 0.257 e. The van der Waals surface area contributed by atoms with Gasteiger partial charge in [0.15, 0.2) is 16.7 Å². The number of aromatic nitrogens is 2. The van der Waals surface area contributed by atoms with Crippen LogP contribution in [0.25, 0.3) is 0 Å². The monoisotopic (exact) mass is 471 g/mol. The first-order valence-corrected chi connectivity index (χ1v) is 11.0. The number of anilines is 1. The molecule has 0 saturated carbocycles. The molecule has 1 aliphatic rings. The van der Waals surface area contributed by atoms with Crippen molar-refractivity contribution < 1.29 is 23.4 Å². The van der Waals surface area contributed by atoms with Crippen molar-refractivity contribution in [2.75, 3.05) is 26.6 Å². The molecule has 33 heavy (non-hydrogen) atoms. The number of H-pyrrole nitrogens is 1. The number of ether oxygens (including phenoxy) is 3. The van der Waals surface area contributed by atoms with Crippen molar-refractivity contribution in [2.24, 2.45) is 0 Å². The minimum absolute atomic E-state index is 0.0473. The average molecular weight is 472 g/mol. The Bertz CT molecular complexity index is 1250. The van der Waals surface area contributed by atoms with Gasteiger partial charge in [0.2, 0.25) is 5.91 Å². The van der Waals surface area contributed by atoms with Gasteiger partial charge in [0.25, 0.3) is 5.56 Å². The quantitative estimate of drug-likeness (QED) is 0.400. The third-order valence-electron chi connectivity index (χ3n) is 5.33. The third-order valence-corrected chi connectivity index (χ3v) is 6.27. The second-order valence-corrected chi connectivity index (χ2v) is 8.27. The molecule has 3 aromatic rings. The summed E-state index contributed by atoms with van der Waals surface area (Å²) in [6.07, 6.45) is 0.0473. The summed E-state index contributed by atoms with van der Waals surface area (Å²) in [7, 11) is 4.53. The maximum atomic E-state index is 13.1. The molecule has 1 amide bonds. The normalized spacial score (nSPS) is 14.9. The van der Waals surface area contributed by atoms with Crippen molar-refractivity contribution >= 4 is 23.5 Å². The molecule has 1 atom stereocenters. The second kappa shape index (κ2) is 9.53. The van der Waals surface area contributed by atoms with Crippen LogP contribution in [-0.2, 0) is 10.5 Å². The van der Waals surface area contributed by atoms with Gasteiger partial charge in [-0.25, -0.2) is 9.37 Å². The number of benzene rings is 2. The highest BCUT2D eigenvalue weighted by atomic mass is 32.2. The van der Waals surface area contributed by atoms with E-state index in [1.807, 2.05) is 0 Å². The van der Waals surface area contributed by atoms with Gasteiger partial charge in [-0.2, -0.15) is 0 Å². The number of halogens is 1. The van der Waals surface area contributed by atoms with E-state index in [4.69, 9.17) is 14.2 Å². The minimum atomic E-state index is -0.587. The van der Waals surface area contributed by atoms with Gasteiger partial charge >= 0.3 is 0 Å². The van der Waals surface area contributed by atoms with Gasteiger partial charge in [0, 0.05) is 29.7 Å². The number of carbonyl (C=O) groups excluding carboxylic acids is 1. The molecule has 0 bridgehead atoms. The van der Waals surface area contributed by atoms with Crippen molar-refractivity contribution in [2.45, 2.75) is 23.2 Å². The molecule has 0 fully saturated rings. The SMILES string of the molecule is COc1cc(OC)c([C@@H]2CC(=O)Nc3nc(SCc4ccc(F)cc4)[nH]c(=O)c32)cc1OC. The van der Waals surface area contributed by atoms with Crippen LogP contribution in [0, 0.1) is 5.82 Å². The molecule has 2 heterocycles. The molecule has 4 rings (SSSR count). The van der Waals surface area contributed by atoms with Gasteiger partial charge in [-0.3, -0.25) is 9.59 Å². The third kappa shape index (κ3) is 4.65. The summed E-state index contributed by atoms with van der Waals surface area (Å²) in [5.74, 6) is 0.903. The van der Waals surface area contributed by atoms with Gasteiger partial charge < -0.3 is 24.5 Å². The van der Waals surface area contributed by atoms with Gasteiger partial charge in [0.1, 0.15) is 17.4 Å². The standard InChI is InChI=1S/C23H22FN3O5S/c1-30-16-10-18(32-3)17(31-2)8-14(16)15-9-19(28)25-21-20(15)22(29)27-23(26-21)33-11-12-4-6-13(24)7-5-12/h4-8,10,15H,9,11H2,1-3H3,(H2,25,26,27,28,29)/t15-/m0/s1. The summed E-state index contributed by atoms with van der Waals surface area (Å²) in [6, 6.07) is 9.46. The maximum absolute atomic E-state index is 13.1. The van der Waals surface area contributed by atoms with E-state index in [-0.39, 0.29) is 29.5 Å². The van der Waals surface area contributed by atoms with Crippen LogP contribution in [-0.4, -0.2) is 37.2 Å². The van der Waals surface area contributed by atoms with Crippen molar-refractivity contribution in [3.05, 3.63) is 69.3 Å². The lowest BCUT2D eigenvalue weighted by molar-refractivity contribution is -0.116. The Hall–Kier alpha value is -3.53. The zero-order chi connectivity index (χ0) is 23.5. The lowest BCUT2D eigenvalue weighted by atomic mass is 9.86. The number of methoxy groups -OCH3 is 3. The first kappa shape index (κ1) is 22.7. The summed E-state index contributed by atoms with van der Waals surface area (Å²) in [4.78, 5) is 32.9. The first-order valence-electron chi connectivity index (χ1n) is 10.0. The van der Waals surface area contributed by atoms with Crippen LogP contribution in [0.2, 0.25) is 0 Å². The Balaban J connectivity index is 1.71. The van der Waals surface area contributed by atoms with Gasteiger partial charge in [-0.1, -0.05) is 23.9 Å². The lowest BCUT2D eigenvalue weighted by Gasteiger charge is -2.26. The fourth-order valence-electron chi connectivity index (χ4n) is 3.74. The number of fused-ring (bicyclic) bond motifs is 1. The van der Waals surface area contributed by atoms with Crippen LogP contribution >= 0.6 is 11.8 Å². The highest BCUT2D eigenvalue weighted by Gasteiger charge is 2.33. The molecule has 1 aromatic heterocycles. The van der Waals surface area contributed by atoms with E-state index >= 15 is 0 Å². The number of aromatic amines is 1. The molecule has 172 valence electrons. The predicted molar refractivity (Wildman–Crippen MR) is 122 cm³/mol. The fourth-order valence-corrected chi connectivity index (χ4v) is 4.56. The van der Waals surface area contributed by atoms with Crippen LogP contribution in [0.1, 0.15) is 29.0 Å². The maximum Gasteiger partial charge on any atom is 0.257 e. The van der Waals surface area contributed by atoms with Gasteiger partial charge in [-0.05, 0) is 23.8 Å². The number of hydrogen-bond donors (Lipinski definition) is 2. The molecule has 0 radical (unpaired) electrons.